The fraction of sp³-hybridized carbons (Fsp3) is 0.278. The molecule has 5 nitrogen and oxygen atoms in total. The Morgan fingerprint density at radius 3 is 2.39 bits per heavy atom. The number of hydrogen-bond donors (Lipinski definition) is 1. The molecule has 0 aliphatic carbocycles. The molecule has 1 heterocycles. The molecular formula is C18H19NO4. The van der Waals surface area contributed by atoms with E-state index in [9.17, 15) is 14.7 Å². The molecule has 0 spiro atoms. The first kappa shape index (κ1) is 16.7. The van der Waals surface area contributed by atoms with Crippen molar-refractivity contribution in [2.45, 2.75) is 25.7 Å². The molecule has 1 aromatic heterocycles. The number of ether oxygens (including phenoxy) is 1. The maximum atomic E-state index is 12.6. The molecule has 1 N–H and O–H groups in total. The van der Waals surface area contributed by atoms with Crippen LogP contribution in [0.2, 0.25) is 0 Å². The van der Waals surface area contributed by atoms with Gasteiger partial charge in [0.25, 0.3) is 0 Å². The molecule has 120 valence electrons. The number of aryl methyl sites for hydroxylation is 1. The van der Waals surface area contributed by atoms with E-state index in [2.05, 4.69) is 4.98 Å². The quantitative estimate of drug-likeness (QED) is 0.655. The molecule has 0 saturated carbocycles. The summed E-state index contributed by atoms with van der Waals surface area (Å²) in [7, 11) is 0. The van der Waals surface area contributed by atoms with Crippen molar-refractivity contribution in [1.82, 2.24) is 4.98 Å². The van der Waals surface area contributed by atoms with Crippen LogP contribution in [0.25, 0.3) is 0 Å². The Morgan fingerprint density at radius 1 is 1.17 bits per heavy atom. The fourth-order valence-corrected chi connectivity index (χ4v) is 2.45. The summed E-state index contributed by atoms with van der Waals surface area (Å²) in [6.07, 6.45) is 1.51. The lowest BCUT2D eigenvalue weighted by Gasteiger charge is -2.27. The first-order valence-corrected chi connectivity index (χ1v) is 7.38. The maximum Gasteiger partial charge on any atom is 0.328 e. The van der Waals surface area contributed by atoms with Gasteiger partial charge in [-0.05, 0) is 31.5 Å². The van der Waals surface area contributed by atoms with Gasteiger partial charge >= 0.3 is 11.9 Å². The second-order valence-corrected chi connectivity index (χ2v) is 5.29. The average Bonchev–Trinajstić information content (AvgIpc) is 2.54. The molecule has 0 fully saturated rings. The molecule has 0 aliphatic rings. The van der Waals surface area contributed by atoms with Crippen LogP contribution in [0.5, 0.6) is 0 Å². The van der Waals surface area contributed by atoms with Crippen LogP contribution >= 0.6 is 0 Å². The summed E-state index contributed by atoms with van der Waals surface area (Å²) >= 11 is 0. The van der Waals surface area contributed by atoms with Gasteiger partial charge in [-0.3, -0.25) is 14.6 Å². The predicted octanol–water partition coefficient (Wildman–Crippen LogP) is 2.52. The molecule has 0 amide bonds. The van der Waals surface area contributed by atoms with Crippen LogP contribution in [0, 0.1) is 6.92 Å². The number of carboxylic acid groups (broad SMARTS) is 1. The normalized spacial score (nSPS) is 13.1. The number of benzene rings is 1. The number of aromatic nitrogens is 1. The predicted molar refractivity (Wildman–Crippen MR) is 85.1 cm³/mol. The van der Waals surface area contributed by atoms with E-state index in [1.54, 1.807) is 55.6 Å². The number of rotatable bonds is 6. The molecule has 0 saturated heterocycles. The molecule has 0 bridgehead atoms. The monoisotopic (exact) mass is 313 g/mol. The smallest absolute Gasteiger partial charge is 0.328 e. The van der Waals surface area contributed by atoms with Crippen molar-refractivity contribution in [2.24, 2.45) is 0 Å². The van der Waals surface area contributed by atoms with E-state index in [1.807, 2.05) is 6.92 Å². The Morgan fingerprint density at radius 2 is 1.87 bits per heavy atom. The molecule has 5 heteroatoms. The van der Waals surface area contributed by atoms with Crippen LogP contribution in [0.4, 0.5) is 0 Å². The van der Waals surface area contributed by atoms with Crippen LogP contribution in [0.3, 0.4) is 0 Å². The van der Waals surface area contributed by atoms with Crippen molar-refractivity contribution in [3.63, 3.8) is 0 Å². The molecule has 2 aromatic rings. The summed E-state index contributed by atoms with van der Waals surface area (Å²) < 4.78 is 5.08. The Hall–Kier alpha value is -2.69. The largest absolute Gasteiger partial charge is 0.480 e. The van der Waals surface area contributed by atoms with E-state index in [4.69, 9.17) is 4.74 Å². The minimum atomic E-state index is -1.81. The van der Waals surface area contributed by atoms with E-state index in [0.717, 1.165) is 5.56 Å². The van der Waals surface area contributed by atoms with Crippen molar-refractivity contribution >= 4 is 11.9 Å². The van der Waals surface area contributed by atoms with Gasteiger partial charge in [-0.15, -0.1) is 0 Å². The van der Waals surface area contributed by atoms with E-state index in [1.165, 1.54) is 0 Å². The van der Waals surface area contributed by atoms with Gasteiger partial charge in [0.2, 0.25) is 0 Å². The Bertz CT molecular complexity index is 682. The van der Waals surface area contributed by atoms with E-state index < -0.39 is 17.4 Å². The highest BCUT2D eigenvalue weighted by molar-refractivity contribution is 6.05. The molecule has 23 heavy (non-hydrogen) atoms. The van der Waals surface area contributed by atoms with Crippen molar-refractivity contribution in [1.29, 1.82) is 0 Å². The summed E-state index contributed by atoms with van der Waals surface area (Å²) in [5, 5.41) is 9.88. The summed E-state index contributed by atoms with van der Waals surface area (Å²) in [4.78, 5) is 28.8. The zero-order chi connectivity index (χ0) is 16.9. The van der Waals surface area contributed by atoms with Crippen LogP contribution in [0.1, 0.15) is 23.7 Å². The van der Waals surface area contributed by atoms with Gasteiger partial charge in [0.1, 0.15) is 0 Å². The average molecular weight is 313 g/mol. The molecular weight excluding hydrogens is 294 g/mol. The zero-order valence-corrected chi connectivity index (χ0v) is 13.2. The number of hydrogen-bond acceptors (Lipinski definition) is 4. The summed E-state index contributed by atoms with van der Waals surface area (Å²) in [6, 6.07) is 12.1. The first-order valence-electron chi connectivity index (χ1n) is 7.38. The number of pyridine rings is 1. The molecule has 1 unspecified atom stereocenters. The van der Waals surface area contributed by atoms with Crippen molar-refractivity contribution in [3.05, 3.63) is 65.5 Å². The minimum absolute atomic E-state index is 0.0644. The molecule has 1 atom stereocenters. The molecule has 0 aliphatic heterocycles. The Labute approximate surface area is 134 Å². The van der Waals surface area contributed by atoms with E-state index in [0.29, 0.717) is 11.3 Å². The number of aliphatic carboxylic acids is 1. The number of nitrogens with zero attached hydrogens (tertiary/aromatic N) is 1. The van der Waals surface area contributed by atoms with Crippen molar-refractivity contribution < 1.29 is 19.4 Å². The van der Waals surface area contributed by atoms with Crippen LogP contribution in [-0.2, 0) is 26.2 Å². The van der Waals surface area contributed by atoms with Gasteiger partial charge in [0.05, 0.1) is 6.61 Å². The minimum Gasteiger partial charge on any atom is -0.480 e. The molecule has 2 rings (SSSR count). The van der Waals surface area contributed by atoms with Gasteiger partial charge in [-0.2, -0.15) is 0 Å². The SMILES string of the molecule is CCOC(=O)C(Cc1ccccn1)(C(=O)O)c1ccc(C)cc1. The first-order chi connectivity index (χ1) is 11.0. The Kier molecular flexibility index (Phi) is 5.11. The summed E-state index contributed by atoms with van der Waals surface area (Å²) in [5.74, 6) is -2.02. The standard InChI is InChI=1S/C18H19NO4/c1-3-23-17(22)18(16(20)21,12-15-6-4-5-11-19-15)14-9-7-13(2)8-10-14/h4-11H,3,12H2,1-2H3,(H,20,21). The summed E-state index contributed by atoms with van der Waals surface area (Å²) in [5.41, 5.74) is 0.0795. The zero-order valence-electron chi connectivity index (χ0n) is 13.2. The van der Waals surface area contributed by atoms with Gasteiger partial charge < -0.3 is 9.84 Å². The maximum absolute atomic E-state index is 12.6. The highest BCUT2D eigenvalue weighted by Gasteiger charge is 2.49. The lowest BCUT2D eigenvalue weighted by atomic mass is 9.76. The van der Waals surface area contributed by atoms with Gasteiger partial charge in [0, 0.05) is 18.3 Å². The third-order valence-electron chi connectivity index (χ3n) is 3.71. The highest BCUT2D eigenvalue weighted by Crippen LogP contribution is 2.31. The number of carboxylic acids is 1. The van der Waals surface area contributed by atoms with Crippen LogP contribution in [0.15, 0.2) is 48.7 Å². The Balaban J connectivity index is 2.57. The van der Waals surface area contributed by atoms with Gasteiger partial charge in [0.15, 0.2) is 5.41 Å². The van der Waals surface area contributed by atoms with Gasteiger partial charge in [-0.25, -0.2) is 0 Å². The number of carbonyl (C=O) groups is 2. The van der Waals surface area contributed by atoms with E-state index >= 15 is 0 Å². The van der Waals surface area contributed by atoms with Crippen molar-refractivity contribution in [3.8, 4) is 0 Å². The van der Waals surface area contributed by atoms with Crippen molar-refractivity contribution in [2.75, 3.05) is 6.61 Å². The third kappa shape index (κ3) is 3.39. The third-order valence-corrected chi connectivity index (χ3v) is 3.71. The second-order valence-electron chi connectivity index (χ2n) is 5.29. The second kappa shape index (κ2) is 7.05. The van der Waals surface area contributed by atoms with E-state index in [-0.39, 0.29) is 13.0 Å². The topological polar surface area (TPSA) is 76.5 Å². The summed E-state index contributed by atoms with van der Waals surface area (Å²) in [6.45, 7) is 3.66. The number of esters is 1. The fourth-order valence-electron chi connectivity index (χ4n) is 2.45. The number of carbonyl (C=O) groups excluding carboxylic acids is 1. The lowest BCUT2D eigenvalue weighted by Crippen LogP contribution is -2.47. The van der Waals surface area contributed by atoms with Gasteiger partial charge in [-0.1, -0.05) is 35.9 Å². The highest BCUT2D eigenvalue weighted by atomic mass is 16.5. The van der Waals surface area contributed by atoms with Crippen LogP contribution < -0.4 is 0 Å². The molecule has 1 aromatic carbocycles. The lowest BCUT2D eigenvalue weighted by molar-refractivity contribution is -0.161. The van der Waals surface area contributed by atoms with Crippen LogP contribution in [-0.4, -0.2) is 28.6 Å². The molecule has 0 radical (unpaired) electrons.